The summed E-state index contributed by atoms with van der Waals surface area (Å²) >= 11 is 13.7. The minimum absolute atomic E-state index is 0.432. The highest BCUT2D eigenvalue weighted by Gasteiger charge is 2.11. The van der Waals surface area contributed by atoms with Gasteiger partial charge in [0.05, 0.1) is 20.9 Å². The molecule has 0 fully saturated rings. The van der Waals surface area contributed by atoms with E-state index in [1.807, 2.05) is 16.7 Å². The molecule has 0 saturated carbocycles. The maximum atomic E-state index is 6.18. The molecular formula is C10H7Cl2N3S. The number of hydrogen-bond acceptors (Lipinski definition) is 3. The average molecular weight is 272 g/mol. The van der Waals surface area contributed by atoms with Crippen LogP contribution in [0.15, 0.2) is 18.3 Å². The smallest absolute Gasteiger partial charge is 0.195 e. The minimum Gasteiger partial charge on any atom is -0.325 e. The molecule has 6 heteroatoms. The molecule has 16 heavy (non-hydrogen) atoms. The van der Waals surface area contributed by atoms with Gasteiger partial charge in [0, 0.05) is 17.8 Å². The molecule has 0 atom stereocenters. The van der Waals surface area contributed by atoms with Crippen molar-refractivity contribution >= 4 is 49.7 Å². The van der Waals surface area contributed by atoms with Crippen LogP contribution in [0.3, 0.4) is 0 Å². The molecule has 2 heterocycles. The Bertz CT molecular complexity index is 686. The summed E-state index contributed by atoms with van der Waals surface area (Å²) in [5, 5.41) is 1.27. The molecule has 3 aromatic rings. The third-order valence-electron chi connectivity index (χ3n) is 2.37. The van der Waals surface area contributed by atoms with Gasteiger partial charge < -0.3 is 5.73 Å². The maximum absolute atomic E-state index is 6.18. The number of thiazole rings is 1. The lowest BCUT2D eigenvalue weighted by Crippen LogP contribution is -1.95. The third-order valence-corrected chi connectivity index (χ3v) is 3.88. The molecule has 1 aromatic carbocycles. The van der Waals surface area contributed by atoms with Crippen molar-refractivity contribution in [2.75, 3.05) is 0 Å². The van der Waals surface area contributed by atoms with E-state index in [0.29, 0.717) is 16.6 Å². The zero-order valence-electron chi connectivity index (χ0n) is 8.08. The van der Waals surface area contributed by atoms with Gasteiger partial charge in [0.2, 0.25) is 0 Å². The summed E-state index contributed by atoms with van der Waals surface area (Å²) in [5.41, 5.74) is 7.36. The van der Waals surface area contributed by atoms with E-state index in [9.17, 15) is 0 Å². The average Bonchev–Trinajstić information content (AvgIpc) is 2.72. The van der Waals surface area contributed by atoms with Crippen molar-refractivity contribution in [3.63, 3.8) is 0 Å². The monoisotopic (exact) mass is 271 g/mol. The summed E-state index contributed by atoms with van der Waals surface area (Å²) in [5.74, 6) is 0. The van der Waals surface area contributed by atoms with E-state index in [2.05, 4.69) is 4.98 Å². The van der Waals surface area contributed by atoms with Gasteiger partial charge in [-0.15, -0.1) is 0 Å². The van der Waals surface area contributed by atoms with Crippen LogP contribution in [0.4, 0.5) is 0 Å². The predicted octanol–water partition coefficient (Wildman–Crippen LogP) is 3.31. The summed E-state index contributed by atoms with van der Waals surface area (Å²) in [4.78, 5) is 5.28. The molecule has 3 rings (SSSR count). The fourth-order valence-corrected chi connectivity index (χ4v) is 3.49. The lowest BCUT2D eigenvalue weighted by molar-refractivity contribution is 1.02. The van der Waals surface area contributed by atoms with Gasteiger partial charge in [-0.2, -0.15) is 0 Å². The molecule has 0 aliphatic carbocycles. The second-order valence-corrected chi connectivity index (χ2v) is 5.28. The highest BCUT2D eigenvalue weighted by Crippen LogP contribution is 2.34. The van der Waals surface area contributed by atoms with Crippen molar-refractivity contribution in [3.05, 3.63) is 34.1 Å². The van der Waals surface area contributed by atoms with Crippen LogP contribution >= 0.6 is 34.5 Å². The van der Waals surface area contributed by atoms with Gasteiger partial charge in [-0.25, -0.2) is 4.98 Å². The zero-order valence-corrected chi connectivity index (χ0v) is 10.4. The number of imidazole rings is 1. The first-order valence-corrected chi connectivity index (χ1v) is 6.22. The number of rotatable bonds is 1. The molecule has 82 valence electrons. The van der Waals surface area contributed by atoms with Crippen LogP contribution in [0, 0.1) is 0 Å². The molecule has 0 bridgehead atoms. The normalized spacial score (nSPS) is 11.7. The van der Waals surface area contributed by atoms with Gasteiger partial charge in [-0.1, -0.05) is 34.5 Å². The topological polar surface area (TPSA) is 43.3 Å². The molecule has 0 unspecified atom stereocenters. The van der Waals surface area contributed by atoms with E-state index < -0.39 is 0 Å². The van der Waals surface area contributed by atoms with Crippen LogP contribution in [-0.2, 0) is 6.54 Å². The van der Waals surface area contributed by atoms with Crippen molar-refractivity contribution in [2.45, 2.75) is 6.54 Å². The minimum atomic E-state index is 0.432. The first-order chi connectivity index (χ1) is 7.69. The van der Waals surface area contributed by atoms with Crippen LogP contribution in [0.25, 0.3) is 15.2 Å². The van der Waals surface area contributed by atoms with E-state index in [1.54, 1.807) is 17.4 Å². The number of nitrogens with zero attached hydrogens (tertiary/aromatic N) is 2. The molecule has 0 spiro atoms. The van der Waals surface area contributed by atoms with E-state index in [4.69, 9.17) is 28.9 Å². The van der Waals surface area contributed by atoms with Crippen molar-refractivity contribution in [2.24, 2.45) is 5.73 Å². The van der Waals surface area contributed by atoms with Crippen LogP contribution in [0.2, 0.25) is 10.0 Å². The second kappa shape index (κ2) is 3.60. The fourth-order valence-electron chi connectivity index (χ4n) is 1.69. The standard InChI is InChI=1S/C10H7Cl2N3S/c11-5-1-7(12)9-8(2-5)16-10-14-6(3-13)4-15(9)10/h1-2,4H,3,13H2. The van der Waals surface area contributed by atoms with Crippen molar-refractivity contribution in [3.8, 4) is 0 Å². The molecule has 2 aromatic heterocycles. The van der Waals surface area contributed by atoms with Gasteiger partial charge in [-0.3, -0.25) is 4.40 Å². The predicted molar refractivity (Wildman–Crippen MR) is 68.5 cm³/mol. The van der Waals surface area contributed by atoms with Crippen LogP contribution in [-0.4, -0.2) is 9.38 Å². The number of halogens is 2. The number of nitrogens with two attached hydrogens (primary N) is 1. The largest absolute Gasteiger partial charge is 0.325 e. The van der Waals surface area contributed by atoms with Gasteiger partial charge in [-0.05, 0) is 12.1 Å². The number of benzene rings is 1. The highest BCUT2D eigenvalue weighted by atomic mass is 35.5. The Morgan fingerprint density at radius 3 is 2.94 bits per heavy atom. The molecule has 0 radical (unpaired) electrons. The van der Waals surface area contributed by atoms with Gasteiger partial charge in [0.25, 0.3) is 0 Å². The Morgan fingerprint density at radius 2 is 2.19 bits per heavy atom. The summed E-state index contributed by atoms with van der Waals surface area (Å²) in [6, 6.07) is 3.63. The quantitative estimate of drug-likeness (QED) is 0.738. The van der Waals surface area contributed by atoms with Crippen LogP contribution in [0.5, 0.6) is 0 Å². The zero-order chi connectivity index (χ0) is 11.3. The van der Waals surface area contributed by atoms with Crippen molar-refractivity contribution in [1.82, 2.24) is 9.38 Å². The molecule has 0 amide bonds. The van der Waals surface area contributed by atoms with Crippen molar-refractivity contribution < 1.29 is 0 Å². The van der Waals surface area contributed by atoms with E-state index in [-0.39, 0.29) is 0 Å². The summed E-state index contributed by atoms with van der Waals surface area (Å²) in [6.45, 7) is 0.432. The summed E-state index contributed by atoms with van der Waals surface area (Å²) in [6.07, 6.45) is 1.91. The van der Waals surface area contributed by atoms with Gasteiger partial charge in [0.1, 0.15) is 0 Å². The Balaban J connectivity index is 2.46. The van der Waals surface area contributed by atoms with Crippen molar-refractivity contribution in [1.29, 1.82) is 0 Å². The molecule has 3 nitrogen and oxygen atoms in total. The first-order valence-electron chi connectivity index (χ1n) is 4.64. The maximum Gasteiger partial charge on any atom is 0.195 e. The number of fused-ring (bicyclic) bond motifs is 3. The van der Waals surface area contributed by atoms with E-state index >= 15 is 0 Å². The SMILES string of the molecule is NCc1cn2c(n1)sc1cc(Cl)cc(Cl)c12. The Kier molecular flexibility index (Phi) is 2.33. The molecular weight excluding hydrogens is 265 g/mol. The number of hydrogen-bond donors (Lipinski definition) is 1. The third kappa shape index (κ3) is 1.42. The molecule has 0 aliphatic rings. The van der Waals surface area contributed by atoms with Gasteiger partial charge >= 0.3 is 0 Å². The fraction of sp³-hybridized carbons (Fsp3) is 0.100. The van der Waals surface area contributed by atoms with E-state index in [0.717, 1.165) is 20.9 Å². The Labute approximate surface area is 105 Å². The number of aromatic nitrogens is 2. The summed E-state index contributed by atoms with van der Waals surface area (Å²) < 4.78 is 2.99. The van der Waals surface area contributed by atoms with Crippen LogP contribution < -0.4 is 5.73 Å². The van der Waals surface area contributed by atoms with Gasteiger partial charge in [0.15, 0.2) is 4.96 Å². The molecule has 0 saturated heterocycles. The lowest BCUT2D eigenvalue weighted by atomic mass is 10.3. The lowest BCUT2D eigenvalue weighted by Gasteiger charge is -1.96. The Morgan fingerprint density at radius 1 is 1.38 bits per heavy atom. The highest BCUT2D eigenvalue weighted by molar-refractivity contribution is 7.23. The molecule has 2 N–H and O–H groups in total. The van der Waals surface area contributed by atoms with E-state index in [1.165, 1.54) is 0 Å². The first kappa shape index (κ1) is 10.4. The Hall–Kier alpha value is -0.810. The molecule has 0 aliphatic heterocycles. The van der Waals surface area contributed by atoms with Crippen LogP contribution in [0.1, 0.15) is 5.69 Å². The second-order valence-electron chi connectivity index (χ2n) is 3.43. The summed E-state index contributed by atoms with van der Waals surface area (Å²) in [7, 11) is 0.